The number of rotatable bonds is 5. The highest BCUT2D eigenvalue weighted by Crippen LogP contribution is 2.27. The number of amides is 1. The Hall–Kier alpha value is -2.12. The predicted molar refractivity (Wildman–Crippen MR) is 102 cm³/mol. The number of carbonyl (C=O) groups excluding carboxylic acids is 1. The van der Waals surface area contributed by atoms with E-state index in [2.05, 4.69) is 37.2 Å². The number of carbonyl (C=O) groups is 1. The Morgan fingerprint density at radius 3 is 2.64 bits per heavy atom. The third-order valence-electron chi connectivity index (χ3n) is 3.40. The molecule has 1 heterocycles. The first-order valence-electron chi connectivity index (χ1n) is 7.43. The van der Waals surface area contributed by atoms with Gasteiger partial charge in [-0.1, -0.05) is 34.1 Å². The van der Waals surface area contributed by atoms with Crippen LogP contribution in [-0.4, -0.2) is 19.1 Å². The predicted octanol–water partition coefficient (Wildman–Crippen LogP) is 4.13. The van der Waals surface area contributed by atoms with Gasteiger partial charge in [-0.25, -0.2) is 4.79 Å². The van der Waals surface area contributed by atoms with Crippen LogP contribution in [-0.2, 0) is 0 Å². The van der Waals surface area contributed by atoms with Crippen molar-refractivity contribution < 1.29 is 13.9 Å². The van der Waals surface area contributed by atoms with E-state index in [9.17, 15) is 9.59 Å². The molecule has 3 aromatic rings. The summed E-state index contributed by atoms with van der Waals surface area (Å²) >= 11 is 6.71. The van der Waals surface area contributed by atoms with Gasteiger partial charge in [0.15, 0.2) is 5.58 Å². The lowest BCUT2D eigenvalue weighted by atomic mass is 10.2. The average molecular weight is 467 g/mol. The molecular weight excluding hydrogens is 454 g/mol. The molecule has 2 aromatic carbocycles. The second kappa shape index (κ2) is 7.84. The summed E-state index contributed by atoms with van der Waals surface area (Å²) in [5.41, 5.74) is -0.327. The Labute approximate surface area is 160 Å². The van der Waals surface area contributed by atoms with Crippen molar-refractivity contribution in [3.05, 3.63) is 73.5 Å². The largest absolute Gasteiger partial charge is 0.492 e. The van der Waals surface area contributed by atoms with Crippen LogP contribution in [0.5, 0.6) is 5.75 Å². The summed E-state index contributed by atoms with van der Waals surface area (Å²) in [6, 6.07) is 14.3. The average Bonchev–Trinajstić information content (AvgIpc) is 2.59. The van der Waals surface area contributed by atoms with Crippen LogP contribution in [0.25, 0.3) is 11.0 Å². The van der Waals surface area contributed by atoms with Crippen molar-refractivity contribution in [2.75, 3.05) is 13.2 Å². The van der Waals surface area contributed by atoms with Gasteiger partial charge in [0.05, 0.1) is 11.0 Å². The molecule has 0 radical (unpaired) electrons. The summed E-state index contributed by atoms with van der Waals surface area (Å²) in [5, 5.41) is 3.30. The van der Waals surface area contributed by atoms with Gasteiger partial charge in [-0.3, -0.25) is 4.79 Å². The van der Waals surface area contributed by atoms with E-state index in [0.717, 1.165) is 10.2 Å². The fourth-order valence-corrected chi connectivity index (χ4v) is 3.60. The summed E-state index contributed by atoms with van der Waals surface area (Å²) < 4.78 is 12.2. The molecule has 0 aliphatic heterocycles. The van der Waals surface area contributed by atoms with Gasteiger partial charge in [0, 0.05) is 9.86 Å². The molecule has 0 aliphatic rings. The van der Waals surface area contributed by atoms with Crippen molar-refractivity contribution in [1.29, 1.82) is 0 Å². The molecule has 0 fully saturated rings. The topological polar surface area (TPSA) is 68.5 Å². The maximum Gasteiger partial charge on any atom is 0.349 e. The van der Waals surface area contributed by atoms with E-state index in [1.807, 2.05) is 30.3 Å². The monoisotopic (exact) mass is 465 g/mol. The highest BCUT2D eigenvalue weighted by Gasteiger charge is 2.15. The lowest BCUT2D eigenvalue weighted by Gasteiger charge is -2.08. The number of fused-ring (bicyclic) bond motifs is 1. The molecule has 0 aliphatic carbocycles. The van der Waals surface area contributed by atoms with Crippen molar-refractivity contribution in [1.82, 2.24) is 5.32 Å². The molecule has 25 heavy (non-hydrogen) atoms. The van der Waals surface area contributed by atoms with Gasteiger partial charge in [-0.15, -0.1) is 0 Å². The van der Waals surface area contributed by atoms with E-state index in [-0.39, 0.29) is 12.1 Å². The lowest BCUT2D eigenvalue weighted by molar-refractivity contribution is 0.0943. The van der Waals surface area contributed by atoms with Crippen LogP contribution in [0.3, 0.4) is 0 Å². The molecule has 5 nitrogen and oxygen atoms in total. The summed E-state index contributed by atoms with van der Waals surface area (Å²) in [6.45, 7) is 0.569. The first-order chi connectivity index (χ1) is 12.0. The van der Waals surface area contributed by atoms with Gasteiger partial charge < -0.3 is 14.5 Å². The number of benzene rings is 2. The first-order valence-corrected chi connectivity index (χ1v) is 9.02. The first kappa shape index (κ1) is 17.7. The maximum absolute atomic E-state index is 12.2. The standard InChI is InChI=1S/C18H13Br2NO4/c19-12-8-11-9-14(18(23)25-16(11)15(20)10-12)17(22)21-6-7-24-13-4-2-1-3-5-13/h1-5,8-10H,6-7H2,(H,21,22). The van der Waals surface area contributed by atoms with Crippen molar-refractivity contribution in [2.45, 2.75) is 0 Å². The minimum absolute atomic E-state index is 0.0442. The smallest absolute Gasteiger partial charge is 0.349 e. The minimum Gasteiger partial charge on any atom is -0.492 e. The van der Waals surface area contributed by atoms with E-state index in [1.54, 1.807) is 12.1 Å². The molecule has 3 rings (SSSR count). The van der Waals surface area contributed by atoms with Crippen LogP contribution >= 0.6 is 31.9 Å². The molecule has 7 heteroatoms. The molecule has 128 valence electrons. The molecule has 0 bridgehead atoms. The van der Waals surface area contributed by atoms with Crippen LogP contribution in [0.15, 0.2) is 66.7 Å². The fraction of sp³-hybridized carbons (Fsp3) is 0.111. The highest BCUT2D eigenvalue weighted by molar-refractivity contribution is 9.11. The number of hydrogen-bond donors (Lipinski definition) is 1. The molecule has 0 spiro atoms. The molecule has 0 unspecified atom stereocenters. The number of nitrogens with one attached hydrogen (secondary N) is 1. The second-order valence-corrected chi connectivity index (χ2v) is 6.94. The summed E-state index contributed by atoms with van der Waals surface area (Å²) in [5.74, 6) is 0.222. The zero-order chi connectivity index (χ0) is 17.8. The van der Waals surface area contributed by atoms with Crippen molar-refractivity contribution in [3.63, 3.8) is 0 Å². The van der Waals surface area contributed by atoms with Gasteiger partial charge in [0.1, 0.15) is 17.9 Å². The zero-order valence-electron chi connectivity index (χ0n) is 12.9. The Kier molecular flexibility index (Phi) is 5.55. The Morgan fingerprint density at radius 2 is 1.88 bits per heavy atom. The van der Waals surface area contributed by atoms with Gasteiger partial charge in [0.2, 0.25) is 0 Å². The number of hydrogen-bond acceptors (Lipinski definition) is 4. The van der Waals surface area contributed by atoms with E-state index < -0.39 is 11.5 Å². The van der Waals surface area contributed by atoms with Crippen LogP contribution in [0.4, 0.5) is 0 Å². The normalized spacial score (nSPS) is 10.6. The fourth-order valence-electron chi connectivity index (χ4n) is 2.26. The van der Waals surface area contributed by atoms with Gasteiger partial charge in [-0.05, 0) is 46.3 Å². The molecule has 0 saturated carbocycles. The molecule has 1 N–H and O–H groups in total. The minimum atomic E-state index is -0.683. The number of para-hydroxylation sites is 1. The van der Waals surface area contributed by atoms with Gasteiger partial charge in [0.25, 0.3) is 5.91 Å². The van der Waals surface area contributed by atoms with E-state index >= 15 is 0 Å². The highest BCUT2D eigenvalue weighted by atomic mass is 79.9. The van der Waals surface area contributed by atoms with E-state index in [4.69, 9.17) is 9.15 Å². The maximum atomic E-state index is 12.2. The lowest BCUT2D eigenvalue weighted by Crippen LogP contribution is -2.31. The number of halogens is 2. The molecule has 1 amide bonds. The summed E-state index contributed by atoms with van der Waals surface area (Å²) in [6.07, 6.45) is 0. The Bertz CT molecular complexity index is 970. The molecule has 0 atom stereocenters. The summed E-state index contributed by atoms with van der Waals surface area (Å²) in [7, 11) is 0. The van der Waals surface area contributed by atoms with Crippen LogP contribution in [0, 0.1) is 0 Å². The SMILES string of the molecule is O=C(NCCOc1ccccc1)c1cc2cc(Br)cc(Br)c2oc1=O. The van der Waals surface area contributed by atoms with Crippen LogP contribution in [0.1, 0.15) is 10.4 Å². The third kappa shape index (κ3) is 4.29. The summed E-state index contributed by atoms with van der Waals surface area (Å²) in [4.78, 5) is 24.3. The van der Waals surface area contributed by atoms with Gasteiger partial charge in [-0.2, -0.15) is 0 Å². The van der Waals surface area contributed by atoms with Crippen molar-refractivity contribution in [3.8, 4) is 5.75 Å². The van der Waals surface area contributed by atoms with E-state index in [1.165, 1.54) is 6.07 Å². The van der Waals surface area contributed by atoms with Crippen LogP contribution < -0.4 is 15.7 Å². The quantitative estimate of drug-likeness (QED) is 0.453. The van der Waals surface area contributed by atoms with Gasteiger partial charge >= 0.3 is 5.63 Å². The Morgan fingerprint density at radius 1 is 1.12 bits per heavy atom. The van der Waals surface area contributed by atoms with Crippen molar-refractivity contribution in [2.24, 2.45) is 0 Å². The Balaban J connectivity index is 1.69. The molecule has 0 saturated heterocycles. The van der Waals surface area contributed by atoms with Crippen molar-refractivity contribution >= 4 is 48.7 Å². The molecular formula is C18H13Br2NO4. The van der Waals surface area contributed by atoms with Crippen LogP contribution in [0.2, 0.25) is 0 Å². The van der Waals surface area contributed by atoms with E-state index in [0.29, 0.717) is 22.0 Å². The number of ether oxygens (including phenoxy) is 1. The zero-order valence-corrected chi connectivity index (χ0v) is 16.1. The second-order valence-electron chi connectivity index (χ2n) is 5.17. The molecule has 1 aromatic heterocycles. The third-order valence-corrected chi connectivity index (χ3v) is 4.44.